The molecule has 0 radical (unpaired) electrons. The van der Waals surface area contributed by atoms with Gasteiger partial charge in [-0.25, -0.2) is 10.2 Å². The highest BCUT2D eigenvalue weighted by molar-refractivity contribution is 6.30. The van der Waals surface area contributed by atoms with E-state index in [1.807, 2.05) is 42.5 Å². The summed E-state index contributed by atoms with van der Waals surface area (Å²) in [5.74, 6) is 0.0797. The molecule has 7 heteroatoms. The smallest absolute Gasteiger partial charge is 0.343 e. The highest BCUT2D eigenvalue weighted by atomic mass is 35.5. The molecular weight excluding hydrogens is 440 g/mol. The van der Waals surface area contributed by atoms with Crippen LogP contribution in [0.25, 0.3) is 10.8 Å². The molecule has 0 heterocycles. The zero-order chi connectivity index (χ0) is 23.0. The number of amides is 1. The standard InChI is InChI=1S/C26H19ClN2O4/c27-21-13-11-20(12-14-21)26(31)33-22-8-3-5-18(15-22)16-28-29-25(30)17-32-24-10-4-7-19-6-1-2-9-23(19)24/h1-16H,17H2,(H,29,30). The summed E-state index contributed by atoms with van der Waals surface area (Å²) < 4.78 is 11.0. The lowest BCUT2D eigenvalue weighted by Gasteiger charge is -2.08. The zero-order valence-electron chi connectivity index (χ0n) is 17.4. The third-order valence-corrected chi connectivity index (χ3v) is 4.91. The van der Waals surface area contributed by atoms with E-state index < -0.39 is 11.9 Å². The fourth-order valence-corrected chi connectivity index (χ4v) is 3.21. The Balaban J connectivity index is 1.31. The van der Waals surface area contributed by atoms with Gasteiger partial charge in [-0.1, -0.05) is 60.1 Å². The molecule has 0 aliphatic rings. The summed E-state index contributed by atoms with van der Waals surface area (Å²) in [5, 5.41) is 6.45. The summed E-state index contributed by atoms with van der Waals surface area (Å²) in [6.45, 7) is -0.176. The second kappa shape index (κ2) is 10.4. The van der Waals surface area contributed by atoms with Gasteiger partial charge in [-0.2, -0.15) is 5.10 Å². The predicted octanol–water partition coefficient (Wildman–Crippen LogP) is 5.24. The van der Waals surface area contributed by atoms with Crippen LogP contribution in [0.5, 0.6) is 11.5 Å². The Labute approximate surface area is 195 Å². The number of fused-ring (bicyclic) bond motifs is 1. The van der Waals surface area contributed by atoms with Crippen LogP contribution in [0.2, 0.25) is 5.02 Å². The molecule has 4 aromatic rings. The molecule has 0 saturated heterocycles. The van der Waals surface area contributed by atoms with Gasteiger partial charge in [0.2, 0.25) is 0 Å². The van der Waals surface area contributed by atoms with Gasteiger partial charge in [0.15, 0.2) is 6.61 Å². The summed E-state index contributed by atoms with van der Waals surface area (Å²) in [6.07, 6.45) is 1.45. The fourth-order valence-electron chi connectivity index (χ4n) is 3.09. The maximum Gasteiger partial charge on any atom is 0.343 e. The minimum absolute atomic E-state index is 0.176. The largest absolute Gasteiger partial charge is 0.483 e. The monoisotopic (exact) mass is 458 g/mol. The average Bonchev–Trinajstić information content (AvgIpc) is 2.83. The first-order chi connectivity index (χ1) is 16.1. The normalized spacial score (nSPS) is 10.8. The summed E-state index contributed by atoms with van der Waals surface area (Å²) in [5.41, 5.74) is 3.46. The van der Waals surface area contributed by atoms with Crippen molar-refractivity contribution in [1.29, 1.82) is 0 Å². The maximum absolute atomic E-state index is 12.2. The van der Waals surface area contributed by atoms with Crippen LogP contribution in [0.3, 0.4) is 0 Å². The number of esters is 1. The van der Waals surface area contributed by atoms with Gasteiger partial charge < -0.3 is 9.47 Å². The van der Waals surface area contributed by atoms with E-state index in [1.54, 1.807) is 48.5 Å². The first-order valence-electron chi connectivity index (χ1n) is 10.1. The lowest BCUT2D eigenvalue weighted by Crippen LogP contribution is -2.24. The highest BCUT2D eigenvalue weighted by Crippen LogP contribution is 2.25. The van der Waals surface area contributed by atoms with E-state index in [1.165, 1.54) is 6.21 Å². The van der Waals surface area contributed by atoms with Crippen molar-refractivity contribution in [3.63, 3.8) is 0 Å². The predicted molar refractivity (Wildman–Crippen MR) is 128 cm³/mol. The number of benzene rings is 4. The number of nitrogens with zero attached hydrogens (tertiary/aromatic N) is 1. The number of nitrogens with one attached hydrogen (secondary N) is 1. The summed E-state index contributed by atoms with van der Waals surface area (Å²) in [4.78, 5) is 24.3. The third kappa shape index (κ3) is 5.96. The molecule has 0 atom stereocenters. The number of halogens is 1. The Morgan fingerprint density at radius 3 is 2.52 bits per heavy atom. The molecule has 0 saturated carbocycles. The van der Waals surface area contributed by atoms with Crippen LogP contribution in [-0.4, -0.2) is 24.7 Å². The van der Waals surface area contributed by atoms with Crippen molar-refractivity contribution in [2.45, 2.75) is 0 Å². The van der Waals surface area contributed by atoms with Gasteiger partial charge in [0, 0.05) is 10.4 Å². The Morgan fingerprint density at radius 1 is 0.909 bits per heavy atom. The van der Waals surface area contributed by atoms with E-state index >= 15 is 0 Å². The van der Waals surface area contributed by atoms with Crippen molar-refractivity contribution in [3.05, 3.63) is 107 Å². The van der Waals surface area contributed by atoms with Crippen LogP contribution in [0.15, 0.2) is 96.1 Å². The molecule has 0 bridgehead atoms. The Bertz CT molecular complexity index is 1310. The first-order valence-corrected chi connectivity index (χ1v) is 10.5. The lowest BCUT2D eigenvalue weighted by molar-refractivity contribution is -0.123. The van der Waals surface area contributed by atoms with Crippen LogP contribution in [0.4, 0.5) is 0 Å². The topological polar surface area (TPSA) is 77.0 Å². The van der Waals surface area contributed by atoms with E-state index in [2.05, 4.69) is 10.5 Å². The van der Waals surface area contributed by atoms with Crippen LogP contribution in [-0.2, 0) is 4.79 Å². The van der Waals surface area contributed by atoms with Crippen molar-refractivity contribution in [1.82, 2.24) is 5.43 Å². The average molecular weight is 459 g/mol. The Kier molecular flexibility index (Phi) is 6.97. The minimum Gasteiger partial charge on any atom is -0.483 e. The molecule has 0 unspecified atom stereocenters. The molecule has 1 N–H and O–H groups in total. The molecule has 0 spiro atoms. The van der Waals surface area contributed by atoms with Crippen molar-refractivity contribution >= 4 is 40.5 Å². The van der Waals surface area contributed by atoms with Gasteiger partial charge in [0.1, 0.15) is 11.5 Å². The van der Waals surface area contributed by atoms with E-state index in [-0.39, 0.29) is 6.61 Å². The highest BCUT2D eigenvalue weighted by Gasteiger charge is 2.09. The molecule has 0 aliphatic heterocycles. The van der Waals surface area contributed by atoms with Crippen LogP contribution < -0.4 is 14.9 Å². The molecule has 164 valence electrons. The maximum atomic E-state index is 12.2. The van der Waals surface area contributed by atoms with Gasteiger partial charge in [-0.15, -0.1) is 0 Å². The van der Waals surface area contributed by atoms with Gasteiger partial charge in [-0.05, 0) is 53.4 Å². The molecule has 0 aliphatic carbocycles. The fraction of sp³-hybridized carbons (Fsp3) is 0.0385. The number of carbonyl (C=O) groups is 2. The zero-order valence-corrected chi connectivity index (χ0v) is 18.2. The van der Waals surface area contributed by atoms with Gasteiger partial charge in [0.25, 0.3) is 5.91 Å². The summed E-state index contributed by atoms with van der Waals surface area (Å²) in [7, 11) is 0. The molecule has 6 nitrogen and oxygen atoms in total. The van der Waals surface area contributed by atoms with E-state index in [9.17, 15) is 9.59 Å². The first kappa shape index (κ1) is 22.0. The minimum atomic E-state index is -0.500. The molecule has 4 aromatic carbocycles. The Hall–Kier alpha value is -4.16. The SMILES string of the molecule is O=C(COc1cccc2ccccc12)NN=Cc1cccc(OC(=O)c2ccc(Cl)cc2)c1. The number of hydrogen-bond donors (Lipinski definition) is 1. The summed E-state index contributed by atoms with van der Waals surface area (Å²) in [6, 6.07) is 26.6. The van der Waals surface area contributed by atoms with E-state index in [0.717, 1.165) is 10.8 Å². The summed E-state index contributed by atoms with van der Waals surface area (Å²) >= 11 is 5.84. The molecule has 33 heavy (non-hydrogen) atoms. The van der Waals surface area contributed by atoms with Crippen molar-refractivity contribution in [2.75, 3.05) is 6.61 Å². The molecule has 4 rings (SSSR count). The molecule has 0 aromatic heterocycles. The quantitative estimate of drug-likeness (QED) is 0.178. The van der Waals surface area contributed by atoms with Crippen molar-refractivity contribution < 1.29 is 19.1 Å². The molecule has 0 fully saturated rings. The number of rotatable bonds is 7. The number of hydrazone groups is 1. The molecular formula is C26H19ClN2O4. The van der Waals surface area contributed by atoms with Gasteiger partial charge in [0.05, 0.1) is 11.8 Å². The van der Waals surface area contributed by atoms with Crippen molar-refractivity contribution in [2.24, 2.45) is 5.10 Å². The van der Waals surface area contributed by atoms with Gasteiger partial charge >= 0.3 is 5.97 Å². The van der Waals surface area contributed by atoms with E-state index in [4.69, 9.17) is 21.1 Å². The van der Waals surface area contributed by atoms with E-state index in [0.29, 0.717) is 27.6 Å². The van der Waals surface area contributed by atoms with Crippen LogP contribution >= 0.6 is 11.6 Å². The second-order valence-electron chi connectivity index (χ2n) is 7.03. The van der Waals surface area contributed by atoms with Crippen LogP contribution in [0, 0.1) is 0 Å². The second-order valence-corrected chi connectivity index (χ2v) is 7.46. The Morgan fingerprint density at radius 2 is 1.67 bits per heavy atom. The molecule has 1 amide bonds. The third-order valence-electron chi connectivity index (χ3n) is 4.66. The number of carbonyl (C=O) groups excluding carboxylic acids is 2. The van der Waals surface area contributed by atoms with Crippen molar-refractivity contribution in [3.8, 4) is 11.5 Å². The lowest BCUT2D eigenvalue weighted by atomic mass is 10.1. The van der Waals surface area contributed by atoms with Gasteiger partial charge in [-0.3, -0.25) is 4.79 Å². The van der Waals surface area contributed by atoms with Crippen LogP contribution in [0.1, 0.15) is 15.9 Å². The number of hydrogen-bond acceptors (Lipinski definition) is 5. The number of ether oxygens (including phenoxy) is 2.